The van der Waals surface area contributed by atoms with Gasteiger partial charge >= 0.3 is 0 Å². The molecule has 0 fully saturated rings. The maximum atomic E-state index is 6.39. The highest BCUT2D eigenvalue weighted by atomic mass is 16.5. The minimum atomic E-state index is 0.859. The molecule has 0 atom stereocenters. The van der Waals surface area contributed by atoms with Crippen LogP contribution in [0, 0.1) is 0 Å². The van der Waals surface area contributed by atoms with E-state index in [1.807, 2.05) is 12.1 Å². The van der Waals surface area contributed by atoms with Gasteiger partial charge in [-0.2, -0.15) is 0 Å². The monoisotopic (exact) mass is 488 g/mol. The molecular weight excluding hydrogens is 464 g/mol. The highest BCUT2D eigenvalue weighted by molar-refractivity contribution is 6.13. The Morgan fingerprint density at radius 2 is 1.37 bits per heavy atom. The predicted octanol–water partition coefficient (Wildman–Crippen LogP) is 9.33. The van der Waals surface area contributed by atoms with Gasteiger partial charge in [0.05, 0.1) is 11.2 Å². The molecule has 8 rings (SSSR count). The zero-order valence-electron chi connectivity index (χ0n) is 21.0. The van der Waals surface area contributed by atoms with Crippen LogP contribution < -0.4 is 4.74 Å². The number of aryl methyl sites for hydroxylation is 1. The average Bonchev–Trinajstić information content (AvgIpc) is 3.37. The minimum Gasteiger partial charge on any atom is -0.453 e. The van der Waals surface area contributed by atoms with E-state index < -0.39 is 0 Å². The molecule has 0 amide bonds. The van der Waals surface area contributed by atoms with Crippen LogP contribution in [-0.4, -0.2) is 9.55 Å². The van der Waals surface area contributed by atoms with Gasteiger partial charge in [-0.15, -0.1) is 0 Å². The zero-order valence-corrected chi connectivity index (χ0v) is 21.0. The standard InChI is InChI=1S/C35H24N2O/c1-2-34-36-30-12-7-13-32-35(30)37(34)31-19-18-24(21-33(31)38-32)22-14-16-23(17-15-22)29-20-25-8-3-4-9-26(25)27-10-5-6-11-28(27)29/h3-21H,2H2,1H3. The third kappa shape index (κ3) is 3.05. The number of aromatic nitrogens is 2. The molecule has 1 aromatic heterocycles. The van der Waals surface area contributed by atoms with Crippen LogP contribution in [0.2, 0.25) is 0 Å². The summed E-state index contributed by atoms with van der Waals surface area (Å²) in [5, 5.41) is 5.12. The number of ether oxygens (including phenoxy) is 1. The van der Waals surface area contributed by atoms with E-state index in [9.17, 15) is 0 Å². The van der Waals surface area contributed by atoms with E-state index in [1.165, 1.54) is 32.7 Å². The fourth-order valence-electron chi connectivity index (χ4n) is 5.94. The van der Waals surface area contributed by atoms with E-state index in [1.54, 1.807) is 0 Å². The normalized spacial score (nSPS) is 12.1. The highest BCUT2D eigenvalue weighted by Gasteiger charge is 2.24. The van der Waals surface area contributed by atoms with Gasteiger partial charge < -0.3 is 4.74 Å². The smallest absolute Gasteiger partial charge is 0.153 e. The largest absolute Gasteiger partial charge is 0.453 e. The van der Waals surface area contributed by atoms with Gasteiger partial charge in [0.1, 0.15) is 11.3 Å². The Labute approximate surface area is 220 Å². The van der Waals surface area contributed by atoms with Gasteiger partial charge in [0.2, 0.25) is 0 Å². The van der Waals surface area contributed by atoms with Crippen LogP contribution in [0.15, 0.2) is 115 Å². The van der Waals surface area contributed by atoms with E-state index >= 15 is 0 Å². The van der Waals surface area contributed by atoms with Crippen molar-refractivity contribution in [3.05, 3.63) is 121 Å². The van der Waals surface area contributed by atoms with Crippen molar-refractivity contribution < 1.29 is 4.74 Å². The zero-order chi connectivity index (χ0) is 25.2. The predicted molar refractivity (Wildman–Crippen MR) is 156 cm³/mol. The van der Waals surface area contributed by atoms with Crippen molar-refractivity contribution in [1.82, 2.24) is 9.55 Å². The number of benzene rings is 6. The first-order valence-electron chi connectivity index (χ1n) is 13.1. The second-order valence-corrected chi connectivity index (χ2v) is 9.89. The van der Waals surface area contributed by atoms with Crippen LogP contribution >= 0.6 is 0 Å². The minimum absolute atomic E-state index is 0.859. The molecule has 1 aliphatic rings. The van der Waals surface area contributed by atoms with Crippen LogP contribution in [0.4, 0.5) is 0 Å². The summed E-state index contributed by atoms with van der Waals surface area (Å²) in [5.74, 6) is 2.77. The van der Waals surface area contributed by atoms with Crippen molar-refractivity contribution in [2.45, 2.75) is 13.3 Å². The van der Waals surface area contributed by atoms with Crippen molar-refractivity contribution in [3.63, 3.8) is 0 Å². The third-order valence-electron chi connectivity index (χ3n) is 7.74. The molecule has 0 bridgehead atoms. The van der Waals surface area contributed by atoms with Crippen molar-refractivity contribution in [2.75, 3.05) is 0 Å². The second-order valence-electron chi connectivity index (χ2n) is 9.89. The SMILES string of the molecule is CCc1nc2cccc3c2n1-c1ccc(-c2ccc(-c4cc5ccccc5c5ccccc45)cc2)cc1O3. The Morgan fingerprint density at radius 1 is 0.632 bits per heavy atom. The Balaban J connectivity index is 1.22. The van der Waals surface area contributed by atoms with Crippen molar-refractivity contribution in [2.24, 2.45) is 0 Å². The molecule has 38 heavy (non-hydrogen) atoms. The van der Waals surface area contributed by atoms with Crippen LogP contribution in [0.1, 0.15) is 12.7 Å². The van der Waals surface area contributed by atoms with Crippen LogP contribution in [0.5, 0.6) is 11.5 Å². The molecule has 7 aromatic rings. The molecule has 6 aromatic carbocycles. The number of hydrogen-bond acceptors (Lipinski definition) is 2. The molecule has 3 heteroatoms. The first kappa shape index (κ1) is 21.2. The summed E-state index contributed by atoms with van der Waals surface area (Å²) in [6, 6.07) is 41.1. The Morgan fingerprint density at radius 3 is 2.21 bits per heavy atom. The Bertz CT molecular complexity index is 2030. The quantitative estimate of drug-likeness (QED) is 0.232. The molecule has 0 saturated heterocycles. The van der Waals surface area contributed by atoms with Crippen LogP contribution in [0.25, 0.3) is 60.5 Å². The molecule has 1 aliphatic heterocycles. The number of nitrogens with zero attached hydrogens (tertiary/aromatic N) is 2. The lowest BCUT2D eigenvalue weighted by Gasteiger charge is -2.21. The molecular formula is C35H24N2O. The maximum absolute atomic E-state index is 6.39. The highest BCUT2D eigenvalue weighted by Crippen LogP contribution is 2.43. The number of fused-ring (bicyclic) bond motifs is 5. The summed E-state index contributed by atoms with van der Waals surface area (Å²) in [5.41, 5.74) is 7.84. The summed E-state index contributed by atoms with van der Waals surface area (Å²) in [7, 11) is 0. The second kappa shape index (κ2) is 8.06. The molecule has 0 saturated carbocycles. The third-order valence-corrected chi connectivity index (χ3v) is 7.74. The fraction of sp³-hybridized carbons (Fsp3) is 0.0571. The summed E-state index contributed by atoms with van der Waals surface area (Å²) in [4.78, 5) is 4.84. The van der Waals surface area contributed by atoms with Gasteiger partial charge in [0.25, 0.3) is 0 Å². The lowest BCUT2D eigenvalue weighted by Crippen LogP contribution is -2.07. The number of hydrogen-bond donors (Lipinski definition) is 0. The van der Waals surface area contributed by atoms with E-state index in [-0.39, 0.29) is 0 Å². The molecule has 0 aliphatic carbocycles. The summed E-state index contributed by atoms with van der Waals surface area (Å²) < 4.78 is 8.64. The molecule has 0 spiro atoms. The summed E-state index contributed by atoms with van der Waals surface area (Å²) in [6.45, 7) is 2.15. The first-order valence-corrected chi connectivity index (χ1v) is 13.1. The first-order chi connectivity index (χ1) is 18.8. The van der Waals surface area contributed by atoms with E-state index in [0.29, 0.717) is 0 Å². The van der Waals surface area contributed by atoms with Crippen molar-refractivity contribution >= 4 is 32.6 Å². The van der Waals surface area contributed by atoms with E-state index in [4.69, 9.17) is 9.72 Å². The average molecular weight is 489 g/mol. The summed E-state index contributed by atoms with van der Waals surface area (Å²) >= 11 is 0. The Kier molecular flexibility index (Phi) is 4.50. The number of para-hydroxylation sites is 1. The summed E-state index contributed by atoms with van der Waals surface area (Å²) in [6.07, 6.45) is 0.861. The molecule has 0 N–H and O–H groups in total. The van der Waals surface area contributed by atoms with Gasteiger partial charge in [-0.1, -0.05) is 91.9 Å². The molecule has 2 heterocycles. The molecule has 180 valence electrons. The van der Waals surface area contributed by atoms with Crippen molar-refractivity contribution in [3.8, 4) is 39.4 Å². The van der Waals surface area contributed by atoms with Gasteiger partial charge in [0.15, 0.2) is 11.5 Å². The fourth-order valence-corrected chi connectivity index (χ4v) is 5.94. The van der Waals surface area contributed by atoms with Crippen LogP contribution in [-0.2, 0) is 6.42 Å². The van der Waals surface area contributed by atoms with Crippen LogP contribution in [0.3, 0.4) is 0 Å². The van der Waals surface area contributed by atoms with Gasteiger partial charge in [-0.3, -0.25) is 4.57 Å². The van der Waals surface area contributed by atoms with Gasteiger partial charge in [-0.25, -0.2) is 4.98 Å². The molecule has 3 nitrogen and oxygen atoms in total. The van der Waals surface area contributed by atoms with E-state index in [2.05, 4.69) is 115 Å². The van der Waals surface area contributed by atoms with Crippen molar-refractivity contribution in [1.29, 1.82) is 0 Å². The molecule has 0 radical (unpaired) electrons. The topological polar surface area (TPSA) is 27.1 Å². The number of imidazole rings is 1. The lowest BCUT2D eigenvalue weighted by molar-refractivity contribution is 0.474. The lowest BCUT2D eigenvalue weighted by atomic mass is 9.92. The van der Waals surface area contributed by atoms with E-state index in [0.717, 1.165) is 51.6 Å². The molecule has 0 unspecified atom stereocenters. The number of rotatable bonds is 3. The Hall–Kier alpha value is -4.89. The van der Waals surface area contributed by atoms with Gasteiger partial charge in [-0.05, 0) is 74.1 Å². The van der Waals surface area contributed by atoms with Gasteiger partial charge in [0, 0.05) is 6.42 Å². The maximum Gasteiger partial charge on any atom is 0.153 e.